The molecular formula is C51H42N4S. The molecular weight excluding hydrogens is 701 g/mol. The molecule has 56 heavy (non-hydrogen) atoms. The van der Waals surface area contributed by atoms with Crippen molar-refractivity contribution in [1.29, 1.82) is 0 Å². The van der Waals surface area contributed by atoms with Crippen molar-refractivity contribution in [3.8, 4) is 5.69 Å². The number of thiophene rings is 1. The summed E-state index contributed by atoms with van der Waals surface area (Å²) >= 11 is 1.88. The van der Waals surface area contributed by atoms with Gasteiger partial charge < -0.3 is 20.5 Å². The standard InChI is InChI=1S/C45H35N3S.C6H7N/c1-30-26-39-42(48(34-17-7-4-8-18-34)41-25-24-38-37-21-10-12-23-43(37)49-45(38)44(39)41)29-47(40-22-11-9-20-36(30)40)35-19-13-14-32(27-35)28-46-31(2)33-15-5-3-6-16-33;7-6-4-2-1-3-5-6/h3-27,29,31,46H,1,28H2,2H3;1-5H,7H2/b39-26+,42-29+;. The van der Waals surface area contributed by atoms with Gasteiger partial charge in [0.25, 0.3) is 0 Å². The van der Waals surface area contributed by atoms with Crippen molar-refractivity contribution in [3.05, 3.63) is 210 Å². The van der Waals surface area contributed by atoms with Crippen molar-refractivity contribution in [2.45, 2.75) is 19.5 Å². The van der Waals surface area contributed by atoms with Gasteiger partial charge in [-0.2, -0.15) is 0 Å². The van der Waals surface area contributed by atoms with E-state index in [4.69, 9.17) is 5.73 Å². The summed E-state index contributed by atoms with van der Waals surface area (Å²) in [6.07, 6.45) is 4.64. The van der Waals surface area contributed by atoms with E-state index in [1.165, 1.54) is 47.4 Å². The average molecular weight is 743 g/mol. The van der Waals surface area contributed by atoms with Crippen LogP contribution in [0, 0.1) is 0 Å². The lowest BCUT2D eigenvalue weighted by Crippen LogP contribution is -2.33. The first kappa shape index (κ1) is 35.1. The third-order valence-electron chi connectivity index (χ3n) is 10.5. The zero-order valence-electron chi connectivity index (χ0n) is 31.3. The van der Waals surface area contributed by atoms with Gasteiger partial charge in [-0.3, -0.25) is 0 Å². The number of rotatable bonds is 6. The number of nitrogens with zero attached hydrogens (tertiary/aromatic N) is 2. The highest BCUT2D eigenvalue weighted by Gasteiger charge is 2.21. The Morgan fingerprint density at radius 1 is 0.679 bits per heavy atom. The smallest absolute Gasteiger partial charge is 0.0708 e. The zero-order valence-corrected chi connectivity index (χ0v) is 32.1. The number of nitrogens with two attached hydrogens (primary N) is 1. The second-order valence-electron chi connectivity index (χ2n) is 14.2. The van der Waals surface area contributed by atoms with E-state index in [9.17, 15) is 0 Å². The van der Waals surface area contributed by atoms with Crippen LogP contribution in [0.25, 0.3) is 54.6 Å². The maximum Gasteiger partial charge on any atom is 0.0708 e. The molecule has 10 rings (SSSR count). The number of hydrogen-bond donors (Lipinski definition) is 2. The highest BCUT2D eigenvalue weighted by Crippen LogP contribution is 2.39. The Kier molecular flexibility index (Phi) is 9.54. The summed E-state index contributed by atoms with van der Waals surface area (Å²) in [6, 6.07) is 62.0. The summed E-state index contributed by atoms with van der Waals surface area (Å²) in [4.78, 5) is 2.36. The van der Waals surface area contributed by atoms with Gasteiger partial charge in [0.15, 0.2) is 0 Å². The van der Waals surface area contributed by atoms with Crippen molar-refractivity contribution < 1.29 is 0 Å². The summed E-state index contributed by atoms with van der Waals surface area (Å²) in [6.45, 7) is 7.67. The van der Waals surface area contributed by atoms with Crippen LogP contribution in [0.2, 0.25) is 0 Å². The first-order valence-corrected chi connectivity index (χ1v) is 19.8. The van der Waals surface area contributed by atoms with Crippen molar-refractivity contribution in [2.24, 2.45) is 0 Å². The Bertz CT molecular complexity index is 2960. The minimum Gasteiger partial charge on any atom is -0.399 e. The van der Waals surface area contributed by atoms with Gasteiger partial charge in [0.1, 0.15) is 0 Å². The minimum atomic E-state index is 0.243. The summed E-state index contributed by atoms with van der Waals surface area (Å²) in [7, 11) is 0. The molecule has 1 unspecified atom stereocenters. The molecule has 272 valence electrons. The number of hydrogen-bond acceptors (Lipinski definition) is 4. The zero-order chi connectivity index (χ0) is 38.0. The van der Waals surface area contributed by atoms with E-state index < -0.39 is 0 Å². The molecule has 2 aromatic heterocycles. The first-order valence-electron chi connectivity index (χ1n) is 19.0. The molecule has 3 N–H and O–H groups in total. The maximum absolute atomic E-state index is 5.36. The summed E-state index contributed by atoms with van der Waals surface area (Å²) in [5.41, 5.74) is 15.3. The van der Waals surface area contributed by atoms with Crippen molar-refractivity contribution in [3.63, 3.8) is 0 Å². The van der Waals surface area contributed by atoms with E-state index >= 15 is 0 Å². The molecule has 7 aromatic carbocycles. The maximum atomic E-state index is 5.36. The second kappa shape index (κ2) is 15.2. The molecule has 5 heteroatoms. The Morgan fingerprint density at radius 3 is 2.12 bits per heavy atom. The number of fused-ring (bicyclic) bond motifs is 8. The molecule has 0 saturated carbocycles. The van der Waals surface area contributed by atoms with E-state index in [1.807, 2.05) is 41.7 Å². The molecule has 1 atom stereocenters. The van der Waals surface area contributed by atoms with Crippen LogP contribution in [-0.2, 0) is 6.54 Å². The predicted molar refractivity (Wildman–Crippen MR) is 241 cm³/mol. The molecule has 4 nitrogen and oxygen atoms in total. The normalized spacial score (nSPS) is 14.0. The molecule has 0 amide bonds. The van der Waals surface area contributed by atoms with Crippen LogP contribution in [0.5, 0.6) is 0 Å². The van der Waals surface area contributed by atoms with Crippen LogP contribution in [-0.4, -0.2) is 4.57 Å². The van der Waals surface area contributed by atoms with Gasteiger partial charge >= 0.3 is 0 Å². The Hall–Kier alpha value is -6.66. The molecule has 0 aliphatic carbocycles. The third-order valence-corrected chi connectivity index (χ3v) is 11.8. The molecule has 0 fully saturated rings. The summed E-state index contributed by atoms with van der Waals surface area (Å²) in [5.74, 6) is 0. The van der Waals surface area contributed by atoms with Crippen LogP contribution in [0.4, 0.5) is 17.1 Å². The Morgan fingerprint density at radius 2 is 1.36 bits per heavy atom. The number of anilines is 3. The van der Waals surface area contributed by atoms with Gasteiger partial charge in [-0.15, -0.1) is 11.3 Å². The molecule has 9 aromatic rings. The minimum absolute atomic E-state index is 0.243. The number of para-hydroxylation sites is 3. The summed E-state index contributed by atoms with van der Waals surface area (Å²) < 4.78 is 5.04. The monoisotopic (exact) mass is 742 g/mol. The molecule has 1 aliphatic heterocycles. The number of aromatic nitrogens is 1. The SMILES string of the molecule is C=C1/C=c2\c(n(-c3ccccc3)c3ccc4c5ccccc5sc4c23)=C/N(c2cccc(CNC(C)c3ccccc3)c2)c2ccccc21.Nc1ccccc1. The predicted octanol–water partition coefficient (Wildman–Crippen LogP) is 11.5. The second-order valence-corrected chi connectivity index (χ2v) is 15.2. The molecule has 0 spiro atoms. The largest absolute Gasteiger partial charge is 0.399 e. The van der Waals surface area contributed by atoms with Crippen molar-refractivity contribution in [1.82, 2.24) is 9.88 Å². The molecule has 0 bridgehead atoms. The Balaban J connectivity index is 0.000000530. The van der Waals surface area contributed by atoms with Gasteiger partial charge in [-0.25, -0.2) is 0 Å². The van der Waals surface area contributed by atoms with Crippen LogP contribution in [0.15, 0.2) is 183 Å². The molecule has 0 saturated heterocycles. The van der Waals surface area contributed by atoms with Gasteiger partial charge in [0, 0.05) is 72.2 Å². The molecule has 3 heterocycles. The third kappa shape index (κ3) is 6.68. The van der Waals surface area contributed by atoms with Gasteiger partial charge in [-0.1, -0.05) is 128 Å². The number of benzene rings is 7. The van der Waals surface area contributed by atoms with E-state index in [-0.39, 0.29) is 6.04 Å². The van der Waals surface area contributed by atoms with Crippen LogP contribution in [0.3, 0.4) is 0 Å². The average Bonchev–Trinajstić information content (AvgIpc) is 3.77. The van der Waals surface area contributed by atoms with E-state index in [0.717, 1.165) is 45.8 Å². The van der Waals surface area contributed by atoms with Crippen LogP contribution in [0.1, 0.15) is 29.7 Å². The van der Waals surface area contributed by atoms with Crippen molar-refractivity contribution >= 4 is 77.3 Å². The number of nitrogen functional groups attached to an aromatic ring is 1. The first-order chi connectivity index (χ1) is 27.5. The fourth-order valence-corrected chi connectivity index (χ4v) is 9.00. The molecule has 1 aliphatic rings. The number of nitrogens with one attached hydrogen (secondary N) is 1. The lowest BCUT2D eigenvalue weighted by molar-refractivity contribution is 0.575. The lowest BCUT2D eigenvalue weighted by atomic mass is 10.0. The van der Waals surface area contributed by atoms with Gasteiger partial charge in [0.2, 0.25) is 0 Å². The quantitative estimate of drug-likeness (QED) is 0.167. The van der Waals surface area contributed by atoms with E-state index in [0.29, 0.717) is 0 Å². The fraction of sp³-hybridized carbons (Fsp3) is 0.0588. The highest BCUT2D eigenvalue weighted by molar-refractivity contribution is 7.26. The molecule has 0 radical (unpaired) electrons. The topological polar surface area (TPSA) is 46.2 Å². The van der Waals surface area contributed by atoms with E-state index in [1.54, 1.807) is 0 Å². The van der Waals surface area contributed by atoms with E-state index in [2.05, 4.69) is 186 Å². The van der Waals surface area contributed by atoms with Crippen molar-refractivity contribution in [2.75, 3.05) is 10.6 Å². The lowest BCUT2D eigenvalue weighted by Gasteiger charge is -2.26. The van der Waals surface area contributed by atoms with Crippen LogP contribution < -0.4 is 26.5 Å². The number of allylic oxidation sites excluding steroid dienone is 1. The van der Waals surface area contributed by atoms with Crippen LogP contribution >= 0.6 is 11.3 Å². The van der Waals surface area contributed by atoms with Gasteiger partial charge in [-0.05, 0) is 84.3 Å². The fourth-order valence-electron chi connectivity index (χ4n) is 7.74. The highest BCUT2D eigenvalue weighted by atomic mass is 32.1. The summed E-state index contributed by atoms with van der Waals surface area (Å²) in [5, 5.41) is 9.92. The van der Waals surface area contributed by atoms with Gasteiger partial charge in [0.05, 0.1) is 16.6 Å². The Labute approximate surface area is 331 Å².